The van der Waals surface area contributed by atoms with E-state index in [0.717, 1.165) is 6.54 Å². The second-order valence-corrected chi connectivity index (χ2v) is 3.31. The van der Waals surface area contributed by atoms with Crippen LogP contribution < -0.4 is 11.1 Å². The van der Waals surface area contributed by atoms with E-state index >= 15 is 0 Å². The Hall–Kier alpha value is -1.38. The van der Waals surface area contributed by atoms with Crippen molar-refractivity contribution in [2.75, 3.05) is 6.67 Å². The molecule has 0 radical (unpaired) electrons. The van der Waals surface area contributed by atoms with E-state index in [0.29, 0.717) is 6.67 Å². The standard InChI is InChI=1S/C12H14N2/c13-9-14-8-10-5-6-11-3-1-2-4-12(11)7-10/h1-7,14H,8-9,13H2. The van der Waals surface area contributed by atoms with Crippen LogP contribution in [-0.4, -0.2) is 6.67 Å². The molecule has 0 heterocycles. The normalized spacial score (nSPS) is 10.6. The van der Waals surface area contributed by atoms with Crippen LogP contribution in [0.4, 0.5) is 0 Å². The quantitative estimate of drug-likeness (QED) is 0.718. The van der Waals surface area contributed by atoms with E-state index in [1.54, 1.807) is 0 Å². The first-order valence-corrected chi connectivity index (χ1v) is 4.78. The Kier molecular flexibility index (Phi) is 2.77. The van der Waals surface area contributed by atoms with Gasteiger partial charge in [0.15, 0.2) is 0 Å². The first-order valence-electron chi connectivity index (χ1n) is 4.78. The average Bonchev–Trinajstić information content (AvgIpc) is 2.26. The molecule has 0 saturated heterocycles. The van der Waals surface area contributed by atoms with Crippen LogP contribution in [0.3, 0.4) is 0 Å². The summed E-state index contributed by atoms with van der Waals surface area (Å²) in [6.45, 7) is 1.36. The molecule has 0 unspecified atom stereocenters. The van der Waals surface area contributed by atoms with Gasteiger partial charge in [-0.3, -0.25) is 0 Å². The van der Waals surface area contributed by atoms with Crippen molar-refractivity contribution in [3.63, 3.8) is 0 Å². The van der Waals surface area contributed by atoms with Gasteiger partial charge in [-0.05, 0) is 22.4 Å². The van der Waals surface area contributed by atoms with E-state index < -0.39 is 0 Å². The topological polar surface area (TPSA) is 38.0 Å². The van der Waals surface area contributed by atoms with Crippen LogP contribution >= 0.6 is 0 Å². The number of hydrogen-bond acceptors (Lipinski definition) is 2. The van der Waals surface area contributed by atoms with Crippen LogP contribution in [0.15, 0.2) is 42.5 Å². The van der Waals surface area contributed by atoms with Gasteiger partial charge in [0, 0.05) is 13.2 Å². The summed E-state index contributed by atoms with van der Waals surface area (Å²) in [5, 5.41) is 5.67. The molecule has 2 rings (SSSR count). The predicted molar refractivity (Wildman–Crippen MR) is 59.8 cm³/mol. The van der Waals surface area contributed by atoms with Crippen molar-refractivity contribution in [2.24, 2.45) is 5.73 Å². The van der Waals surface area contributed by atoms with Gasteiger partial charge in [0.05, 0.1) is 0 Å². The minimum atomic E-state index is 0.521. The maximum Gasteiger partial charge on any atom is 0.0431 e. The number of nitrogens with two attached hydrogens (primary N) is 1. The molecular formula is C12H14N2. The molecule has 0 saturated carbocycles. The highest BCUT2D eigenvalue weighted by Gasteiger charge is 1.94. The lowest BCUT2D eigenvalue weighted by molar-refractivity contribution is 0.709. The Morgan fingerprint density at radius 1 is 1.00 bits per heavy atom. The third-order valence-corrected chi connectivity index (χ3v) is 2.29. The van der Waals surface area contributed by atoms with Gasteiger partial charge in [0.25, 0.3) is 0 Å². The fourth-order valence-corrected chi connectivity index (χ4v) is 1.57. The molecule has 0 aromatic heterocycles. The summed E-state index contributed by atoms with van der Waals surface area (Å²) in [6.07, 6.45) is 0. The Labute approximate surface area is 83.7 Å². The Bertz CT molecular complexity index is 423. The second-order valence-electron chi connectivity index (χ2n) is 3.31. The molecular weight excluding hydrogens is 172 g/mol. The average molecular weight is 186 g/mol. The van der Waals surface area contributed by atoms with Crippen molar-refractivity contribution in [1.29, 1.82) is 0 Å². The van der Waals surface area contributed by atoms with Crippen LogP contribution in [-0.2, 0) is 6.54 Å². The molecule has 0 amide bonds. The summed E-state index contributed by atoms with van der Waals surface area (Å²) in [6, 6.07) is 14.8. The summed E-state index contributed by atoms with van der Waals surface area (Å²) >= 11 is 0. The van der Waals surface area contributed by atoms with Crippen molar-refractivity contribution in [1.82, 2.24) is 5.32 Å². The molecule has 0 aliphatic carbocycles. The van der Waals surface area contributed by atoms with Crippen LogP contribution in [0.2, 0.25) is 0 Å². The molecule has 0 bridgehead atoms. The smallest absolute Gasteiger partial charge is 0.0431 e. The number of fused-ring (bicyclic) bond motifs is 1. The maximum absolute atomic E-state index is 5.38. The van der Waals surface area contributed by atoms with Gasteiger partial charge >= 0.3 is 0 Å². The molecule has 2 nitrogen and oxygen atoms in total. The van der Waals surface area contributed by atoms with Gasteiger partial charge in [0.1, 0.15) is 0 Å². The molecule has 3 N–H and O–H groups in total. The molecule has 0 spiro atoms. The van der Waals surface area contributed by atoms with Crippen molar-refractivity contribution in [2.45, 2.75) is 6.54 Å². The minimum absolute atomic E-state index is 0.521. The Morgan fingerprint density at radius 2 is 1.79 bits per heavy atom. The monoisotopic (exact) mass is 186 g/mol. The van der Waals surface area contributed by atoms with E-state index in [9.17, 15) is 0 Å². The van der Waals surface area contributed by atoms with E-state index in [-0.39, 0.29) is 0 Å². The van der Waals surface area contributed by atoms with E-state index in [1.807, 2.05) is 0 Å². The highest BCUT2D eigenvalue weighted by Crippen LogP contribution is 2.15. The van der Waals surface area contributed by atoms with Crippen molar-refractivity contribution in [3.05, 3.63) is 48.0 Å². The van der Waals surface area contributed by atoms with Gasteiger partial charge in [-0.15, -0.1) is 0 Å². The SMILES string of the molecule is NCNCc1ccc2ccccc2c1. The second kappa shape index (κ2) is 4.22. The van der Waals surface area contributed by atoms with Crippen LogP contribution in [0.1, 0.15) is 5.56 Å². The van der Waals surface area contributed by atoms with Crippen molar-refractivity contribution in [3.8, 4) is 0 Å². The predicted octanol–water partition coefficient (Wildman–Crippen LogP) is 1.85. The molecule has 0 fully saturated rings. The van der Waals surface area contributed by atoms with Gasteiger partial charge in [-0.25, -0.2) is 0 Å². The minimum Gasteiger partial charge on any atom is -0.318 e. The van der Waals surface area contributed by atoms with Crippen molar-refractivity contribution >= 4 is 10.8 Å². The molecule has 2 heteroatoms. The summed E-state index contributed by atoms with van der Waals surface area (Å²) in [4.78, 5) is 0. The molecule has 14 heavy (non-hydrogen) atoms. The first kappa shape index (κ1) is 9.19. The third-order valence-electron chi connectivity index (χ3n) is 2.29. The van der Waals surface area contributed by atoms with E-state index in [2.05, 4.69) is 47.8 Å². The maximum atomic E-state index is 5.38. The summed E-state index contributed by atoms with van der Waals surface area (Å²) < 4.78 is 0. The summed E-state index contributed by atoms with van der Waals surface area (Å²) in [5.41, 5.74) is 6.65. The van der Waals surface area contributed by atoms with Gasteiger partial charge in [-0.1, -0.05) is 36.4 Å². The molecule has 0 aliphatic heterocycles. The lowest BCUT2D eigenvalue weighted by Crippen LogP contribution is -2.21. The Morgan fingerprint density at radius 3 is 2.57 bits per heavy atom. The van der Waals surface area contributed by atoms with Crippen LogP contribution in [0, 0.1) is 0 Å². The lowest BCUT2D eigenvalue weighted by atomic mass is 10.1. The van der Waals surface area contributed by atoms with E-state index in [4.69, 9.17) is 5.73 Å². The van der Waals surface area contributed by atoms with Gasteiger partial charge in [0.2, 0.25) is 0 Å². The van der Waals surface area contributed by atoms with Crippen LogP contribution in [0.25, 0.3) is 10.8 Å². The number of rotatable bonds is 3. The fourth-order valence-electron chi connectivity index (χ4n) is 1.57. The largest absolute Gasteiger partial charge is 0.318 e. The number of nitrogens with one attached hydrogen (secondary N) is 1. The number of hydrogen-bond donors (Lipinski definition) is 2. The number of benzene rings is 2. The zero-order chi connectivity index (χ0) is 9.80. The zero-order valence-corrected chi connectivity index (χ0v) is 8.03. The van der Waals surface area contributed by atoms with Crippen molar-refractivity contribution < 1.29 is 0 Å². The molecule has 0 aliphatic rings. The molecule has 72 valence electrons. The molecule has 0 atom stereocenters. The lowest BCUT2D eigenvalue weighted by Gasteiger charge is -2.03. The highest BCUT2D eigenvalue weighted by atomic mass is 14.9. The molecule has 2 aromatic carbocycles. The first-order chi connectivity index (χ1) is 6.90. The summed E-state index contributed by atoms with van der Waals surface area (Å²) in [7, 11) is 0. The zero-order valence-electron chi connectivity index (χ0n) is 8.03. The van der Waals surface area contributed by atoms with Gasteiger partial charge < -0.3 is 11.1 Å². The highest BCUT2D eigenvalue weighted by molar-refractivity contribution is 5.82. The van der Waals surface area contributed by atoms with Gasteiger partial charge in [-0.2, -0.15) is 0 Å². The third kappa shape index (κ3) is 1.92. The van der Waals surface area contributed by atoms with E-state index in [1.165, 1.54) is 16.3 Å². The summed E-state index contributed by atoms with van der Waals surface area (Å²) in [5.74, 6) is 0. The Balaban J connectivity index is 2.32. The molecule has 2 aromatic rings. The van der Waals surface area contributed by atoms with Crippen LogP contribution in [0.5, 0.6) is 0 Å². The fraction of sp³-hybridized carbons (Fsp3) is 0.167.